The van der Waals surface area contributed by atoms with Crippen LogP contribution >= 0.6 is 0 Å². The van der Waals surface area contributed by atoms with Crippen LogP contribution in [-0.2, 0) is 13.1 Å². The Hall–Kier alpha value is -1.16. The summed E-state index contributed by atoms with van der Waals surface area (Å²) in [5.74, 6) is 0. The molecule has 0 saturated heterocycles. The molecule has 1 N–H and O–H groups in total. The zero-order valence-electron chi connectivity index (χ0n) is 10.4. The number of nitrogens with one attached hydrogen (secondary N) is 1. The number of hydrogen-bond acceptors (Lipinski definition) is 3. The first kappa shape index (κ1) is 12.9. The van der Waals surface area contributed by atoms with Gasteiger partial charge in [-0.15, -0.1) is 0 Å². The molecule has 90 valence electrons. The van der Waals surface area contributed by atoms with Crippen LogP contribution in [0.5, 0.6) is 0 Å². The summed E-state index contributed by atoms with van der Waals surface area (Å²) in [6, 6.07) is 3.87. The summed E-state index contributed by atoms with van der Waals surface area (Å²) in [7, 11) is 0. The zero-order chi connectivity index (χ0) is 12.0. The van der Waals surface area contributed by atoms with Gasteiger partial charge in [0.05, 0.1) is 5.69 Å². The Morgan fingerprint density at radius 1 is 1.44 bits per heavy atom. The SMILES string of the molecule is CCCn1nc(CNC(C)CC)ccc1=O. The molecule has 0 aliphatic rings. The summed E-state index contributed by atoms with van der Waals surface area (Å²) in [6.45, 7) is 7.73. The second-order valence-electron chi connectivity index (χ2n) is 4.08. The number of hydrogen-bond donors (Lipinski definition) is 1. The fourth-order valence-corrected chi connectivity index (χ4v) is 1.38. The van der Waals surface area contributed by atoms with Gasteiger partial charge in [-0.05, 0) is 25.8 Å². The average molecular weight is 223 g/mol. The molecule has 1 aromatic rings. The van der Waals surface area contributed by atoms with Crippen molar-refractivity contribution < 1.29 is 0 Å². The fourth-order valence-electron chi connectivity index (χ4n) is 1.38. The van der Waals surface area contributed by atoms with Crippen molar-refractivity contribution >= 4 is 0 Å². The summed E-state index contributed by atoms with van der Waals surface area (Å²) in [6.07, 6.45) is 2.02. The van der Waals surface area contributed by atoms with E-state index in [1.807, 2.05) is 6.92 Å². The molecule has 1 atom stereocenters. The first-order chi connectivity index (χ1) is 7.67. The van der Waals surface area contributed by atoms with Gasteiger partial charge < -0.3 is 5.32 Å². The van der Waals surface area contributed by atoms with Crippen LogP contribution in [0.3, 0.4) is 0 Å². The van der Waals surface area contributed by atoms with Crippen molar-refractivity contribution in [2.45, 2.75) is 52.7 Å². The van der Waals surface area contributed by atoms with Gasteiger partial charge in [-0.2, -0.15) is 5.10 Å². The summed E-state index contributed by atoms with van der Waals surface area (Å²) in [4.78, 5) is 11.4. The van der Waals surface area contributed by atoms with Crippen molar-refractivity contribution in [1.82, 2.24) is 15.1 Å². The lowest BCUT2D eigenvalue weighted by Crippen LogP contribution is -2.28. The topological polar surface area (TPSA) is 46.9 Å². The number of nitrogens with zero attached hydrogens (tertiary/aromatic N) is 2. The smallest absolute Gasteiger partial charge is 0.266 e. The third-order valence-electron chi connectivity index (χ3n) is 2.60. The highest BCUT2D eigenvalue weighted by Gasteiger charge is 2.02. The monoisotopic (exact) mass is 223 g/mol. The predicted octanol–water partition coefficient (Wildman–Crippen LogP) is 1.54. The van der Waals surface area contributed by atoms with Gasteiger partial charge in [-0.25, -0.2) is 4.68 Å². The summed E-state index contributed by atoms with van der Waals surface area (Å²) < 4.78 is 1.54. The molecule has 1 heterocycles. The molecular formula is C12H21N3O. The Bertz CT molecular complexity index is 373. The molecule has 0 radical (unpaired) electrons. The van der Waals surface area contributed by atoms with E-state index in [0.29, 0.717) is 12.6 Å². The highest BCUT2D eigenvalue weighted by molar-refractivity contribution is 5.00. The van der Waals surface area contributed by atoms with E-state index in [1.165, 1.54) is 4.68 Å². The molecule has 0 spiro atoms. The highest BCUT2D eigenvalue weighted by atomic mass is 16.1. The molecule has 16 heavy (non-hydrogen) atoms. The van der Waals surface area contributed by atoms with Crippen molar-refractivity contribution in [3.8, 4) is 0 Å². The van der Waals surface area contributed by atoms with Crippen LogP contribution in [0.2, 0.25) is 0 Å². The molecule has 1 rings (SSSR count). The van der Waals surface area contributed by atoms with E-state index < -0.39 is 0 Å². The van der Waals surface area contributed by atoms with Crippen molar-refractivity contribution in [3.05, 3.63) is 28.2 Å². The first-order valence-electron chi connectivity index (χ1n) is 5.97. The maximum absolute atomic E-state index is 11.4. The molecule has 0 amide bonds. The van der Waals surface area contributed by atoms with Gasteiger partial charge in [0.2, 0.25) is 0 Å². The van der Waals surface area contributed by atoms with Gasteiger partial charge in [0.15, 0.2) is 0 Å². The average Bonchev–Trinajstić information content (AvgIpc) is 2.30. The van der Waals surface area contributed by atoms with Gasteiger partial charge >= 0.3 is 0 Å². The lowest BCUT2D eigenvalue weighted by molar-refractivity contribution is 0.504. The highest BCUT2D eigenvalue weighted by Crippen LogP contribution is 1.94. The standard InChI is InChI=1S/C12H21N3O/c1-4-8-15-12(16)7-6-11(14-15)9-13-10(3)5-2/h6-7,10,13H,4-5,8-9H2,1-3H3. The van der Waals surface area contributed by atoms with Crippen molar-refractivity contribution in [2.75, 3.05) is 0 Å². The maximum atomic E-state index is 11.4. The van der Waals surface area contributed by atoms with Gasteiger partial charge in [0.25, 0.3) is 5.56 Å². The predicted molar refractivity (Wildman–Crippen MR) is 65.4 cm³/mol. The molecule has 4 nitrogen and oxygen atoms in total. The van der Waals surface area contributed by atoms with Crippen LogP contribution < -0.4 is 10.9 Å². The minimum atomic E-state index is -0.0193. The normalized spacial score (nSPS) is 12.7. The summed E-state index contributed by atoms with van der Waals surface area (Å²) in [5.41, 5.74) is 0.905. The van der Waals surface area contributed by atoms with Gasteiger partial charge in [-0.1, -0.05) is 13.8 Å². The zero-order valence-corrected chi connectivity index (χ0v) is 10.4. The largest absolute Gasteiger partial charge is 0.309 e. The van der Waals surface area contributed by atoms with E-state index in [-0.39, 0.29) is 5.56 Å². The lowest BCUT2D eigenvalue weighted by Gasteiger charge is -2.11. The molecule has 1 unspecified atom stereocenters. The van der Waals surface area contributed by atoms with Gasteiger partial charge in [0.1, 0.15) is 0 Å². The van der Waals surface area contributed by atoms with Crippen molar-refractivity contribution in [1.29, 1.82) is 0 Å². The van der Waals surface area contributed by atoms with Crippen molar-refractivity contribution in [2.24, 2.45) is 0 Å². The van der Waals surface area contributed by atoms with Crippen LogP contribution in [0.4, 0.5) is 0 Å². The van der Waals surface area contributed by atoms with Crippen LogP contribution in [0.1, 0.15) is 39.3 Å². The summed E-state index contributed by atoms with van der Waals surface area (Å²) >= 11 is 0. The third-order valence-corrected chi connectivity index (χ3v) is 2.60. The second kappa shape index (κ2) is 6.43. The maximum Gasteiger partial charge on any atom is 0.266 e. The summed E-state index contributed by atoms with van der Waals surface area (Å²) in [5, 5.41) is 7.67. The first-order valence-corrected chi connectivity index (χ1v) is 5.97. The van der Waals surface area contributed by atoms with Gasteiger partial charge in [0, 0.05) is 25.2 Å². The molecule has 0 bridgehead atoms. The van der Waals surface area contributed by atoms with E-state index in [0.717, 1.165) is 25.1 Å². The number of rotatable bonds is 6. The Morgan fingerprint density at radius 3 is 2.81 bits per heavy atom. The fraction of sp³-hybridized carbons (Fsp3) is 0.667. The quantitative estimate of drug-likeness (QED) is 0.795. The third kappa shape index (κ3) is 3.77. The van der Waals surface area contributed by atoms with Crippen LogP contribution in [0, 0.1) is 0 Å². The molecule has 1 aromatic heterocycles. The number of aryl methyl sites for hydroxylation is 1. The Morgan fingerprint density at radius 2 is 2.19 bits per heavy atom. The number of aromatic nitrogens is 2. The molecule has 0 saturated carbocycles. The van der Waals surface area contributed by atoms with Crippen LogP contribution in [0.25, 0.3) is 0 Å². The van der Waals surface area contributed by atoms with E-state index in [9.17, 15) is 4.79 Å². The van der Waals surface area contributed by atoms with Crippen LogP contribution in [-0.4, -0.2) is 15.8 Å². The van der Waals surface area contributed by atoms with E-state index >= 15 is 0 Å². The lowest BCUT2D eigenvalue weighted by atomic mass is 10.2. The van der Waals surface area contributed by atoms with Crippen LogP contribution in [0.15, 0.2) is 16.9 Å². The Kier molecular flexibility index (Phi) is 5.19. The molecule has 0 fully saturated rings. The van der Waals surface area contributed by atoms with Crippen molar-refractivity contribution in [3.63, 3.8) is 0 Å². The van der Waals surface area contributed by atoms with E-state index in [2.05, 4.69) is 24.3 Å². The molecule has 0 aliphatic heterocycles. The molecule has 0 aromatic carbocycles. The Balaban J connectivity index is 2.67. The van der Waals surface area contributed by atoms with E-state index in [4.69, 9.17) is 0 Å². The minimum Gasteiger partial charge on any atom is -0.309 e. The van der Waals surface area contributed by atoms with Gasteiger partial charge in [-0.3, -0.25) is 4.79 Å². The molecular weight excluding hydrogens is 202 g/mol. The minimum absolute atomic E-state index is 0.0193. The molecule has 4 heteroatoms. The second-order valence-corrected chi connectivity index (χ2v) is 4.08. The molecule has 0 aliphatic carbocycles. The Labute approximate surface area is 96.7 Å². The van der Waals surface area contributed by atoms with E-state index in [1.54, 1.807) is 12.1 Å².